The van der Waals surface area contributed by atoms with Gasteiger partial charge in [0.05, 0.1) is 31.0 Å². The van der Waals surface area contributed by atoms with Gasteiger partial charge in [0, 0.05) is 18.6 Å². The van der Waals surface area contributed by atoms with Gasteiger partial charge < -0.3 is 15.0 Å². The summed E-state index contributed by atoms with van der Waals surface area (Å²) >= 11 is 0. The van der Waals surface area contributed by atoms with Gasteiger partial charge in [-0.1, -0.05) is 30.3 Å². The van der Waals surface area contributed by atoms with Crippen LogP contribution in [-0.2, 0) is 16.1 Å². The number of nitrogens with one attached hydrogen (secondary N) is 1. The predicted molar refractivity (Wildman–Crippen MR) is 109 cm³/mol. The molecule has 8 nitrogen and oxygen atoms in total. The van der Waals surface area contributed by atoms with Crippen molar-refractivity contribution in [2.45, 2.75) is 32.1 Å². The van der Waals surface area contributed by atoms with E-state index in [1.165, 1.54) is 32.2 Å². The van der Waals surface area contributed by atoms with Crippen molar-refractivity contribution in [3.63, 3.8) is 0 Å². The molecule has 0 aliphatic carbocycles. The zero-order chi connectivity index (χ0) is 23.9. The van der Waals surface area contributed by atoms with Crippen LogP contribution in [0.4, 0.5) is 18.9 Å². The summed E-state index contributed by atoms with van der Waals surface area (Å²) in [6.45, 7) is -0.972. The first kappa shape index (κ1) is 24.6. The number of methoxy groups -OCH3 is 1. The Morgan fingerprint density at radius 1 is 1.16 bits per heavy atom. The highest BCUT2D eigenvalue weighted by atomic mass is 19.4. The van der Waals surface area contributed by atoms with Gasteiger partial charge >= 0.3 is 6.18 Å². The van der Waals surface area contributed by atoms with Crippen LogP contribution >= 0.6 is 0 Å². The van der Waals surface area contributed by atoms with Crippen molar-refractivity contribution in [3.05, 3.63) is 69.8 Å². The van der Waals surface area contributed by atoms with Gasteiger partial charge in [-0.3, -0.25) is 19.7 Å². The molecule has 0 radical (unpaired) electrons. The lowest BCUT2D eigenvalue weighted by Gasteiger charge is -2.27. The maximum absolute atomic E-state index is 13.2. The fraction of sp³-hybridized carbons (Fsp3) is 0.333. The van der Waals surface area contributed by atoms with Crippen LogP contribution in [0.1, 0.15) is 30.5 Å². The minimum Gasteiger partial charge on any atom is -0.497 e. The molecule has 0 aliphatic heterocycles. The van der Waals surface area contributed by atoms with E-state index >= 15 is 0 Å². The topological polar surface area (TPSA) is 102 Å². The average molecular weight is 453 g/mol. The highest BCUT2D eigenvalue weighted by molar-refractivity contribution is 5.79. The molecule has 0 fully saturated rings. The number of nitrogens with zero attached hydrogens (tertiary/aromatic N) is 2. The molecule has 1 N–H and O–H groups in total. The van der Waals surface area contributed by atoms with Gasteiger partial charge in [0.25, 0.3) is 5.69 Å². The molecule has 1 unspecified atom stereocenters. The van der Waals surface area contributed by atoms with Crippen LogP contribution in [0.25, 0.3) is 0 Å². The first-order chi connectivity index (χ1) is 15.0. The first-order valence-electron chi connectivity index (χ1n) is 9.48. The Hall–Kier alpha value is -3.63. The molecule has 32 heavy (non-hydrogen) atoms. The number of halogens is 3. The summed E-state index contributed by atoms with van der Waals surface area (Å²) in [5.74, 6) is -0.869. The Bertz CT molecular complexity index is 964. The van der Waals surface area contributed by atoms with Crippen LogP contribution in [-0.4, -0.2) is 41.5 Å². The lowest BCUT2D eigenvalue weighted by atomic mass is 10.0. The molecular weight excluding hydrogens is 431 g/mol. The summed E-state index contributed by atoms with van der Waals surface area (Å²) in [6, 6.07) is 10.7. The number of carbonyl (C=O) groups excluding carboxylic acids is 2. The van der Waals surface area contributed by atoms with E-state index < -0.39 is 48.5 Å². The molecule has 11 heteroatoms. The number of ether oxygens (including phenoxy) is 1. The third kappa shape index (κ3) is 7.25. The maximum Gasteiger partial charge on any atom is 0.406 e. The van der Waals surface area contributed by atoms with E-state index in [2.05, 4.69) is 5.32 Å². The molecule has 2 aromatic rings. The number of alkyl halides is 3. The largest absolute Gasteiger partial charge is 0.497 e. The highest BCUT2D eigenvalue weighted by Crippen LogP contribution is 2.26. The number of nitro groups is 1. The van der Waals surface area contributed by atoms with Crippen LogP contribution in [0.5, 0.6) is 5.75 Å². The van der Waals surface area contributed by atoms with Crippen LogP contribution < -0.4 is 10.1 Å². The van der Waals surface area contributed by atoms with E-state index in [1.807, 2.05) is 0 Å². The molecule has 0 saturated carbocycles. The van der Waals surface area contributed by atoms with E-state index in [9.17, 15) is 32.9 Å². The molecule has 2 amide bonds. The van der Waals surface area contributed by atoms with Gasteiger partial charge in [-0.15, -0.1) is 0 Å². The molecule has 0 aliphatic rings. The third-order valence-corrected chi connectivity index (χ3v) is 4.55. The number of hydrogen-bond donors (Lipinski definition) is 1. The Morgan fingerprint density at radius 2 is 1.78 bits per heavy atom. The average Bonchev–Trinajstić information content (AvgIpc) is 2.71. The number of benzene rings is 2. The van der Waals surface area contributed by atoms with Gasteiger partial charge in [0.2, 0.25) is 11.8 Å². The molecule has 0 aromatic heterocycles. The molecule has 2 rings (SSSR count). The smallest absolute Gasteiger partial charge is 0.406 e. The second-order valence-corrected chi connectivity index (χ2v) is 6.98. The van der Waals surface area contributed by atoms with Crippen molar-refractivity contribution in [2.24, 2.45) is 0 Å². The summed E-state index contributed by atoms with van der Waals surface area (Å²) in [7, 11) is 1.46. The summed E-state index contributed by atoms with van der Waals surface area (Å²) in [4.78, 5) is 35.5. The lowest BCUT2D eigenvalue weighted by Crippen LogP contribution is -2.40. The van der Waals surface area contributed by atoms with Gasteiger partial charge in [-0.2, -0.15) is 13.2 Å². The zero-order valence-electron chi connectivity index (χ0n) is 17.4. The minimum absolute atomic E-state index is 0.0318. The summed E-state index contributed by atoms with van der Waals surface area (Å²) < 4.78 is 44.6. The second kappa shape index (κ2) is 10.6. The van der Waals surface area contributed by atoms with E-state index in [-0.39, 0.29) is 11.3 Å². The fourth-order valence-corrected chi connectivity index (χ4v) is 3.11. The van der Waals surface area contributed by atoms with Crippen molar-refractivity contribution >= 4 is 17.5 Å². The standard InChI is InChI=1S/C21H22F3N3O5/c1-14(28)25-18(15-7-9-17(32-2)10-8-15)11-20(29)26(13-21(22,23)24)12-16-5-3-4-6-19(16)27(30)31/h3-10,18H,11-13H2,1-2H3,(H,25,28). The number of nitro benzene ring substituents is 1. The minimum atomic E-state index is -4.72. The van der Waals surface area contributed by atoms with Crippen LogP contribution in [0.15, 0.2) is 48.5 Å². The SMILES string of the molecule is COc1ccc(C(CC(=O)N(Cc2ccccc2[N+](=O)[O-])CC(F)(F)F)NC(C)=O)cc1. The van der Waals surface area contributed by atoms with Crippen molar-refractivity contribution in [1.82, 2.24) is 10.2 Å². The Morgan fingerprint density at radius 3 is 2.31 bits per heavy atom. The third-order valence-electron chi connectivity index (χ3n) is 4.55. The van der Waals surface area contributed by atoms with Gasteiger partial charge in [0.15, 0.2) is 0 Å². The molecule has 172 valence electrons. The lowest BCUT2D eigenvalue weighted by molar-refractivity contribution is -0.385. The Labute approximate surface area is 182 Å². The second-order valence-electron chi connectivity index (χ2n) is 6.98. The predicted octanol–water partition coefficient (Wildman–Crippen LogP) is 3.76. The number of para-hydroxylation sites is 1. The molecule has 0 heterocycles. The molecule has 0 spiro atoms. The Balaban J connectivity index is 2.32. The fourth-order valence-electron chi connectivity index (χ4n) is 3.11. The van der Waals surface area contributed by atoms with Crippen molar-refractivity contribution in [1.29, 1.82) is 0 Å². The van der Waals surface area contributed by atoms with Crippen molar-refractivity contribution in [2.75, 3.05) is 13.7 Å². The summed E-state index contributed by atoms with van der Waals surface area (Å²) in [5.41, 5.74) is 0.0728. The van der Waals surface area contributed by atoms with Crippen molar-refractivity contribution < 1.29 is 32.4 Å². The van der Waals surface area contributed by atoms with Gasteiger partial charge in [0.1, 0.15) is 12.3 Å². The maximum atomic E-state index is 13.2. The number of amides is 2. The Kier molecular flexibility index (Phi) is 8.16. The van der Waals surface area contributed by atoms with Crippen molar-refractivity contribution in [3.8, 4) is 5.75 Å². The monoisotopic (exact) mass is 453 g/mol. The van der Waals surface area contributed by atoms with Gasteiger partial charge in [-0.25, -0.2) is 0 Å². The van der Waals surface area contributed by atoms with E-state index in [1.54, 1.807) is 24.3 Å². The van der Waals surface area contributed by atoms with Crippen LogP contribution in [0.3, 0.4) is 0 Å². The zero-order valence-corrected chi connectivity index (χ0v) is 17.4. The van der Waals surface area contributed by atoms with Gasteiger partial charge in [-0.05, 0) is 17.7 Å². The van der Waals surface area contributed by atoms with Crippen LogP contribution in [0, 0.1) is 10.1 Å². The number of rotatable bonds is 9. The molecule has 0 saturated heterocycles. The van der Waals surface area contributed by atoms with E-state index in [0.29, 0.717) is 16.2 Å². The first-order valence-corrected chi connectivity index (χ1v) is 9.48. The number of hydrogen-bond acceptors (Lipinski definition) is 5. The molecule has 0 bridgehead atoms. The molecule has 1 atom stereocenters. The van der Waals surface area contributed by atoms with E-state index in [0.717, 1.165) is 6.07 Å². The molecule has 2 aromatic carbocycles. The number of carbonyl (C=O) groups is 2. The summed E-state index contributed by atoms with van der Waals surface area (Å²) in [5, 5.41) is 13.8. The highest BCUT2D eigenvalue weighted by Gasteiger charge is 2.34. The normalized spacial score (nSPS) is 12.0. The summed E-state index contributed by atoms with van der Waals surface area (Å²) in [6.07, 6.45) is -5.19. The van der Waals surface area contributed by atoms with Crippen LogP contribution in [0.2, 0.25) is 0 Å². The molecular formula is C21H22F3N3O5. The van der Waals surface area contributed by atoms with E-state index in [4.69, 9.17) is 4.74 Å². The quantitative estimate of drug-likeness (QED) is 0.460.